The number of nitrogens with one attached hydrogen (secondary N) is 1. The Labute approximate surface area is 120 Å². The number of ether oxygens (including phenoxy) is 1. The molecule has 1 aromatic rings. The summed E-state index contributed by atoms with van der Waals surface area (Å²) in [6.07, 6.45) is 1.84. The molecule has 0 aromatic heterocycles. The highest BCUT2D eigenvalue weighted by molar-refractivity contribution is 7.90. The molecular formula is C14H21NO4S. The second-order valence-corrected chi connectivity index (χ2v) is 7.19. The molecule has 0 bridgehead atoms. The molecule has 0 saturated heterocycles. The van der Waals surface area contributed by atoms with E-state index in [1.807, 2.05) is 12.1 Å². The molecule has 0 radical (unpaired) electrons. The quantitative estimate of drug-likeness (QED) is 0.862. The van der Waals surface area contributed by atoms with Crippen LogP contribution in [0.25, 0.3) is 0 Å². The predicted octanol–water partition coefficient (Wildman–Crippen LogP) is 1.42. The molecule has 112 valence electrons. The summed E-state index contributed by atoms with van der Waals surface area (Å²) in [5.74, 6) is 0.748. The van der Waals surface area contributed by atoms with Gasteiger partial charge in [-0.2, -0.15) is 0 Å². The average Bonchev–Trinajstić information content (AvgIpc) is 2.46. The van der Waals surface area contributed by atoms with E-state index >= 15 is 0 Å². The van der Waals surface area contributed by atoms with Gasteiger partial charge < -0.3 is 9.84 Å². The molecule has 2 N–H and O–H groups in total. The summed E-state index contributed by atoms with van der Waals surface area (Å²) in [6.45, 7) is 0.283. The van der Waals surface area contributed by atoms with Crippen molar-refractivity contribution in [2.45, 2.75) is 43.6 Å². The Kier molecular flexibility index (Phi) is 5.01. The van der Waals surface area contributed by atoms with Crippen molar-refractivity contribution < 1.29 is 18.3 Å². The maximum atomic E-state index is 12.2. The summed E-state index contributed by atoms with van der Waals surface area (Å²) in [5.41, 5.74) is 0.894. The molecule has 5 nitrogen and oxygen atoms in total. The SMILES string of the molecule is COc1ccc(CNS(=O)(=O)C2CCC(O)CC2)cc1. The van der Waals surface area contributed by atoms with E-state index in [4.69, 9.17) is 4.74 Å². The molecule has 0 aliphatic heterocycles. The van der Waals surface area contributed by atoms with Crippen LogP contribution in [-0.2, 0) is 16.6 Å². The molecule has 0 spiro atoms. The van der Waals surface area contributed by atoms with Gasteiger partial charge in [-0.1, -0.05) is 12.1 Å². The number of hydrogen-bond donors (Lipinski definition) is 2. The summed E-state index contributed by atoms with van der Waals surface area (Å²) in [7, 11) is -1.72. The van der Waals surface area contributed by atoms with Crippen LogP contribution in [0, 0.1) is 0 Å². The molecule has 6 heteroatoms. The minimum atomic E-state index is -3.31. The first-order chi connectivity index (χ1) is 9.51. The fourth-order valence-corrected chi connectivity index (χ4v) is 3.90. The van der Waals surface area contributed by atoms with Crippen LogP contribution in [0.5, 0.6) is 5.75 Å². The first-order valence-corrected chi connectivity index (χ1v) is 8.35. The van der Waals surface area contributed by atoms with Crippen LogP contribution < -0.4 is 9.46 Å². The molecule has 20 heavy (non-hydrogen) atoms. The van der Waals surface area contributed by atoms with Crippen molar-refractivity contribution in [3.63, 3.8) is 0 Å². The summed E-state index contributed by atoms with van der Waals surface area (Å²) >= 11 is 0. The van der Waals surface area contributed by atoms with Crippen LogP contribution in [0.1, 0.15) is 31.2 Å². The van der Waals surface area contributed by atoms with Gasteiger partial charge in [0.25, 0.3) is 0 Å². The van der Waals surface area contributed by atoms with Gasteiger partial charge in [-0.15, -0.1) is 0 Å². The Morgan fingerprint density at radius 2 is 1.80 bits per heavy atom. The zero-order chi connectivity index (χ0) is 14.6. The van der Waals surface area contributed by atoms with Gasteiger partial charge in [-0.25, -0.2) is 13.1 Å². The van der Waals surface area contributed by atoms with Gasteiger partial charge in [0.05, 0.1) is 18.5 Å². The summed E-state index contributed by atoms with van der Waals surface area (Å²) in [6, 6.07) is 7.29. The third-order valence-electron chi connectivity index (χ3n) is 3.72. The molecule has 1 aromatic carbocycles. The Morgan fingerprint density at radius 3 is 2.35 bits per heavy atom. The van der Waals surface area contributed by atoms with Crippen molar-refractivity contribution in [2.75, 3.05) is 7.11 Å². The highest BCUT2D eigenvalue weighted by Crippen LogP contribution is 2.23. The minimum Gasteiger partial charge on any atom is -0.497 e. The average molecular weight is 299 g/mol. The highest BCUT2D eigenvalue weighted by Gasteiger charge is 2.29. The highest BCUT2D eigenvalue weighted by atomic mass is 32.2. The molecule has 1 saturated carbocycles. The zero-order valence-electron chi connectivity index (χ0n) is 11.6. The van der Waals surface area contributed by atoms with Crippen LogP contribution in [0.4, 0.5) is 0 Å². The van der Waals surface area contributed by atoms with E-state index in [1.165, 1.54) is 0 Å². The molecule has 1 fully saturated rings. The summed E-state index contributed by atoms with van der Waals surface area (Å²) in [5, 5.41) is 9.04. The third-order valence-corrected chi connectivity index (χ3v) is 5.61. The van der Waals surface area contributed by atoms with Crippen molar-refractivity contribution >= 4 is 10.0 Å². The maximum absolute atomic E-state index is 12.2. The predicted molar refractivity (Wildman–Crippen MR) is 77.0 cm³/mol. The fourth-order valence-electron chi connectivity index (χ4n) is 2.40. The van der Waals surface area contributed by atoms with Gasteiger partial charge in [-0.3, -0.25) is 0 Å². The van der Waals surface area contributed by atoms with Crippen LogP contribution >= 0.6 is 0 Å². The molecule has 1 aliphatic carbocycles. The largest absolute Gasteiger partial charge is 0.497 e. The molecule has 0 unspecified atom stereocenters. The van der Waals surface area contributed by atoms with E-state index in [0.29, 0.717) is 25.7 Å². The molecule has 2 rings (SSSR count). The second-order valence-electron chi connectivity index (χ2n) is 5.14. The lowest BCUT2D eigenvalue weighted by Crippen LogP contribution is -2.37. The Balaban J connectivity index is 1.91. The maximum Gasteiger partial charge on any atom is 0.214 e. The van der Waals surface area contributed by atoms with Gasteiger partial charge in [0.15, 0.2) is 0 Å². The van der Waals surface area contributed by atoms with E-state index in [-0.39, 0.29) is 17.9 Å². The molecule has 0 atom stereocenters. The van der Waals surface area contributed by atoms with Crippen molar-refractivity contribution in [3.05, 3.63) is 29.8 Å². The standard InChI is InChI=1S/C14H21NO4S/c1-19-13-6-2-11(3-7-13)10-15-20(17,18)14-8-4-12(16)5-9-14/h2-3,6-7,12,14-16H,4-5,8-10H2,1H3. The van der Waals surface area contributed by atoms with Gasteiger partial charge in [0.1, 0.15) is 5.75 Å². The minimum absolute atomic E-state index is 0.283. The van der Waals surface area contributed by atoms with Crippen molar-refractivity contribution in [3.8, 4) is 5.75 Å². The van der Waals surface area contributed by atoms with E-state index in [9.17, 15) is 13.5 Å². The van der Waals surface area contributed by atoms with Crippen LogP contribution in [0.3, 0.4) is 0 Å². The van der Waals surface area contributed by atoms with Crippen molar-refractivity contribution in [1.29, 1.82) is 0 Å². The molecule has 0 amide bonds. The third kappa shape index (κ3) is 3.94. The lowest BCUT2D eigenvalue weighted by Gasteiger charge is -2.25. The lowest BCUT2D eigenvalue weighted by atomic mass is 9.97. The number of aliphatic hydroxyl groups is 1. The van der Waals surface area contributed by atoms with Crippen LogP contribution in [0.2, 0.25) is 0 Å². The summed E-state index contributed by atoms with van der Waals surface area (Å²) in [4.78, 5) is 0. The Bertz CT molecular complexity index is 519. The van der Waals surface area contributed by atoms with E-state index in [0.717, 1.165) is 11.3 Å². The van der Waals surface area contributed by atoms with Crippen molar-refractivity contribution in [1.82, 2.24) is 4.72 Å². The topological polar surface area (TPSA) is 75.6 Å². The van der Waals surface area contributed by atoms with E-state index in [2.05, 4.69) is 4.72 Å². The van der Waals surface area contributed by atoms with Crippen LogP contribution in [0.15, 0.2) is 24.3 Å². The van der Waals surface area contributed by atoms with Crippen LogP contribution in [-0.4, -0.2) is 32.0 Å². The number of rotatable bonds is 5. The molecular weight excluding hydrogens is 278 g/mol. The molecule has 1 aliphatic rings. The van der Waals surface area contributed by atoms with Crippen molar-refractivity contribution in [2.24, 2.45) is 0 Å². The number of methoxy groups -OCH3 is 1. The van der Waals surface area contributed by atoms with Gasteiger partial charge in [0.2, 0.25) is 10.0 Å². The molecule has 0 heterocycles. The fraction of sp³-hybridized carbons (Fsp3) is 0.571. The number of sulfonamides is 1. The number of aliphatic hydroxyl groups excluding tert-OH is 1. The number of benzene rings is 1. The van der Waals surface area contributed by atoms with Gasteiger partial charge >= 0.3 is 0 Å². The lowest BCUT2D eigenvalue weighted by molar-refractivity contribution is 0.131. The van der Waals surface area contributed by atoms with E-state index in [1.54, 1.807) is 19.2 Å². The number of hydrogen-bond acceptors (Lipinski definition) is 4. The Morgan fingerprint density at radius 1 is 1.20 bits per heavy atom. The first kappa shape index (κ1) is 15.3. The second kappa shape index (κ2) is 6.56. The normalized spacial score (nSPS) is 23.5. The smallest absolute Gasteiger partial charge is 0.214 e. The Hall–Kier alpha value is -1.11. The zero-order valence-corrected chi connectivity index (χ0v) is 12.4. The monoisotopic (exact) mass is 299 g/mol. The van der Waals surface area contributed by atoms with Gasteiger partial charge in [-0.05, 0) is 43.4 Å². The van der Waals surface area contributed by atoms with Gasteiger partial charge in [0, 0.05) is 6.54 Å². The van der Waals surface area contributed by atoms with E-state index < -0.39 is 10.0 Å². The first-order valence-electron chi connectivity index (χ1n) is 6.81. The summed E-state index contributed by atoms with van der Waals surface area (Å²) < 4.78 is 32.0.